The molecule has 1 aliphatic rings. The second-order valence-electron chi connectivity index (χ2n) is 8.49. The van der Waals surface area contributed by atoms with Gasteiger partial charge in [0, 0.05) is 31.1 Å². The monoisotopic (exact) mass is 485 g/mol. The van der Waals surface area contributed by atoms with E-state index in [1.807, 2.05) is 0 Å². The number of nitrogens with zero attached hydrogens (tertiary/aromatic N) is 3. The molecule has 7 nitrogen and oxygen atoms in total. The summed E-state index contributed by atoms with van der Waals surface area (Å²) in [6, 6.07) is 9.91. The molecule has 35 heavy (non-hydrogen) atoms. The fraction of sp³-hybridized carbons (Fsp3) is 0.360. The van der Waals surface area contributed by atoms with E-state index in [0.717, 1.165) is 31.4 Å². The van der Waals surface area contributed by atoms with Crippen molar-refractivity contribution in [3.8, 4) is 11.1 Å². The molecule has 0 bridgehead atoms. The molecule has 4 rings (SSSR count). The van der Waals surface area contributed by atoms with E-state index in [4.69, 9.17) is 0 Å². The highest BCUT2D eigenvalue weighted by molar-refractivity contribution is 5.90. The van der Waals surface area contributed by atoms with Crippen LogP contribution in [0.3, 0.4) is 0 Å². The number of piperidine rings is 1. The minimum Gasteiger partial charge on any atom is -0.334 e. The van der Waals surface area contributed by atoms with Crippen LogP contribution in [0.15, 0.2) is 54.9 Å². The van der Waals surface area contributed by atoms with Gasteiger partial charge in [-0.1, -0.05) is 18.2 Å². The molecule has 0 unspecified atom stereocenters. The third-order valence-electron chi connectivity index (χ3n) is 6.08. The first-order valence-corrected chi connectivity index (χ1v) is 11.5. The number of likely N-dealkylation sites (tertiary alicyclic amines) is 1. The maximum atomic E-state index is 13.1. The molecule has 2 amide bonds. The standard InChI is InChI=1S/C25H26F3N5O2/c26-25(27,28)18-12-10-17(11-13-18)19-16-30-32-24(19)20-6-2-4-15-33(20)23(35)9-5-8-22(34)31-21-7-1-3-14-29-21/h1,3,7,10-14,16,20H,2,4-6,8-9,15H2,(H,30,32)(H,29,31,34)/t20-/m0/s1. The van der Waals surface area contributed by atoms with Gasteiger partial charge in [-0.25, -0.2) is 4.98 Å². The third kappa shape index (κ3) is 6.06. The van der Waals surface area contributed by atoms with Gasteiger partial charge < -0.3 is 10.2 Å². The molecule has 0 spiro atoms. The Hall–Kier alpha value is -3.69. The summed E-state index contributed by atoms with van der Waals surface area (Å²) >= 11 is 0. The van der Waals surface area contributed by atoms with Crippen molar-refractivity contribution < 1.29 is 22.8 Å². The van der Waals surface area contributed by atoms with Crippen LogP contribution >= 0.6 is 0 Å². The molecule has 0 aliphatic carbocycles. The lowest BCUT2D eigenvalue weighted by atomic mass is 9.93. The Labute approximate surface area is 200 Å². The number of pyridine rings is 1. The van der Waals surface area contributed by atoms with E-state index >= 15 is 0 Å². The minimum atomic E-state index is -4.40. The van der Waals surface area contributed by atoms with E-state index < -0.39 is 11.7 Å². The van der Waals surface area contributed by atoms with Crippen LogP contribution in [-0.2, 0) is 15.8 Å². The van der Waals surface area contributed by atoms with Crippen LogP contribution in [0.2, 0.25) is 0 Å². The number of aromatic amines is 1. The zero-order valence-corrected chi connectivity index (χ0v) is 19.0. The topological polar surface area (TPSA) is 91.0 Å². The van der Waals surface area contributed by atoms with Gasteiger partial charge in [-0.05, 0) is 55.5 Å². The highest BCUT2D eigenvalue weighted by Gasteiger charge is 2.32. The molecule has 10 heteroatoms. The third-order valence-corrected chi connectivity index (χ3v) is 6.08. The predicted molar refractivity (Wildman–Crippen MR) is 124 cm³/mol. The maximum absolute atomic E-state index is 13.1. The Balaban J connectivity index is 1.40. The zero-order valence-electron chi connectivity index (χ0n) is 19.0. The Bertz CT molecular complexity index is 1150. The number of benzene rings is 1. The molecule has 2 N–H and O–H groups in total. The average Bonchev–Trinajstić information content (AvgIpc) is 3.34. The lowest BCUT2D eigenvalue weighted by Gasteiger charge is -2.36. The SMILES string of the molecule is O=C(CCCC(=O)N1CCCC[C@H]1c1[nH]ncc1-c1ccc(C(F)(F)F)cc1)Nc1ccccn1. The summed E-state index contributed by atoms with van der Waals surface area (Å²) in [5.41, 5.74) is 1.28. The second-order valence-corrected chi connectivity index (χ2v) is 8.49. The van der Waals surface area contributed by atoms with Gasteiger partial charge in [0.05, 0.1) is 23.5 Å². The van der Waals surface area contributed by atoms with Gasteiger partial charge >= 0.3 is 6.18 Å². The molecule has 2 aromatic heterocycles. The maximum Gasteiger partial charge on any atom is 0.416 e. The molecule has 0 saturated carbocycles. The van der Waals surface area contributed by atoms with Gasteiger partial charge in [-0.2, -0.15) is 18.3 Å². The van der Waals surface area contributed by atoms with Crippen molar-refractivity contribution in [3.05, 3.63) is 66.1 Å². The van der Waals surface area contributed by atoms with Crippen LogP contribution in [0.25, 0.3) is 11.1 Å². The highest BCUT2D eigenvalue weighted by Crippen LogP contribution is 2.37. The summed E-state index contributed by atoms with van der Waals surface area (Å²) in [5, 5.41) is 9.79. The summed E-state index contributed by atoms with van der Waals surface area (Å²) in [5.74, 6) is 0.202. The molecule has 1 fully saturated rings. The first-order chi connectivity index (χ1) is 16.8. The predicted octanol–water partition coefficient (Wildman–Crippen LogP) is 5.35. The molecule has 1 aromatic carbocycles. The van der Waals surface area contributed by atoms with Gasteiger partial charge in [0.25, 0.3) is 0 Å². The van der Waals surface area contributed by atoms with Crippen LogP contribution in [0.5, 0.6) is 0 Å². The zero-order chi connectivity index (χ0) is 24.8. The summed E-state index contributed by atoms with van der Waals surface area (Å²) in [6.45, 7) is 0.578. The van der Waals surface area contributed by atoms with E-state index in [1.54, 1.807) is 35.5 Å². The van der Waals surface area contributed by atoms with Crippen molar-refractivity contribution in [2.75, 3.05) is 11.9 Å². The Morgan fingerprint density at radius 2 is 1.89 bits per heavy atom. The molecule has 0 radical (unpaired) electrons. The smallest absolute Gasteiger partial charge is 0.334 e. The van der Waals surface area contributed by atoms with Crippen molar-refractivity contribution in [1.82, 2.24) is 20.1 Å². The Morgan fingerprint density at radius 1 is 1.09 bits per heavy atom. The van der Waals surface area contributed by atoms with Gasteiger partial charge in [-0.3, -0.25) is 14.7 Å². The van der Waals surface area contributed by atoms with E-state index in [-0.39, 0.29) is 30.7 Å². The summed E-state index contributed by atoms with van der Waals surface area (Å²) < 4.78 is 38.8. The molecular formula is C25H26F3N5O2. The number of amides is 2. The number of nitrogens with one attached hydrogen (secondary N) is 2. The summed E-state index contributed by atoms with van der Waals surface area (Å²) in [6.07, 6.45) is 2.09. The summed E-state index contributed by atoms with van der Waals surface area (Å²) in [4.78, 5) is 31.1. The molecule has 1 atom stereocenters. The fourth-order valence-corrected chi connectivity index (χ4v) is 4.33. The lowest BCUT2D eigenvalue weighted by molar-refractivity contribution is -0.137. The van der Waals surface area contributed by atoms with Gasteiger partial charge in [0.1, 0.15) is 5.82 Å². The number of rotatable bonds is 7. The number of carbonyl (C=O) groups is 2. The first-order valence-electron chi connectivity index (χ1n) is 11.5. The number of hydrogen-bond donors (Lipinski definition) is 2. The van der Waals surface area contributed by atoms with Crippen molar-refractivity contribution in [2.24, 2.45) is 0 Å². The highest BCUT2D eigenvalue weighted by atomic mass is 19.4. The average molecular weight is 486 g/mol. The van der Waals surface area contributed by atoms with Gasteiger partial charge in [0.15, 0.2) is 0 Å². The normalized spacial score (nSPS) is 16.2. The van der Waals surface area contributed by atoms with Crippen molar-refractivity contribution in [1.29, 1.82) is 0 Å². The largest absolute Gasteiger partial charge is 0.416 e. The molecule has 1 saturated heterocycles. The van der Waals surface area contributed by atoms with Crippen LogP contribution in [-0.4, -0.2) is 38.4 Å². The van der Waals surface area contributed by atoms with Crippen LogP contribution in [0, 0.1) is 0 Å². The van der Waals surface area contributed by atoms with Crippen LogP contribution < -0.4 is 5.32 Å². The van der Waals surface area contributed by atoms with Crippen molar-refractivity contribution >= 4 is 17.6 Å². The molecule has 1 aliphatic heterocycles. The number of carbonyl (C=O) groups excluding carboxylic acids is 2. The second kappa shape index (κ2) is 10.7. The quantitative estimate of drug-likeness (QED) is 0.472. The number of aromatic nitrogens is 3. The fourth-order valence-electron chi connectivity index (χ4n) is 4.33. The molecular weight excluding hydrogens is 459 g/mol. The van der Waals surface area contributed by atoms with Gasteiger partial charge in [-0.15, -0.1) is 0 Å². The molecule has 3 heterocycles. The number of halogens is 3. The molecule has 3 aromatic rings. The Kier molecular flexibility index (Phi) is 7.48. The van der Waals surface area contributed by atoms with Gasteiger partial charge in [0.2, 0.25) is 11.8 Å². The van der Waals surface area contributed by atoms with E-state index in [0.29, 0.717) is 35.6 Å². The minimum absolute atomic E-state index is 0.0618. The van der Waals surface area contributed by atoms with E-state index in [9.17, 15) is 22.8 Å². The number of H-pyrrole nitrogens is 1. The van der Waals surface area contributed by atoms with Crippen LogP contribution in [0.4, 0.5) is 19.0 Å². The Morgan fingerprint density at radius 3 is 2.60 bits per heavy atom. The van der Waals surface area contributed by atoms with Crippen molar-refractivity contribution in [3.63, 3.8) is 0 Å². The number of alkyl halides is 3. The van der Waals surface area contributed by atoms with Crippen LogP contribution in [0.1, 0.15) is 55.8 Å². The first kappa shape index (κ1) is 24.4. The summed E-state index contributed by atoms with van der Waals surface area (Å²) in [7, 11) is 0. The van der Waals surface area contributed by atoms with E-state index in [2.05, 4.69) is 20.5 Å². The van der Waals surface area contributed by atoms with E-state index in [1.165, 1.54) is 12.1 Å². The lowest BCUT2D eigenvalue weighted by Crippen LogP contribution is -2.38. The number of hydrogen-bond acceptors (Lipinski definition) is 4. The van der Waals surface area contributed by atoms with Crippen molar-refractivity contribution in [2.45, 2.75) is 50.7 Å². The number of anilines is 1. The molecule has 184 valence electrons.